The molecule has 0 saturated carbocycles. The molecular formula is C30H30N2O7S. The summed E-state index contributed by atoms with van der Waals surface area (Å²) >= 11 is 1.26. The molecule has 0 bridgehead atoms. The normalized spacial score (nSPS) is 22.4. The van der Waals surface area contributed by atoms with Crippen LogP contribution in [0.3, 0.4) is 0 Å². The highest BCUT2D eigenvalue weighted by Crippen LogP contribution is 2.45. The van der Waals surface area contributed by atoms with Gasteiger partial charge in [-0.05, 0) is 38.8 Å². The van der Waals surface area contributed by atoms with Gasteiger partial charge in [-0.25, -0.2) is 4.79 Å². The van der Waals surface area contributed by atoms with Crippen molar-refractivity contribution in [2.24, 2.45) is 0 Å². The van der Waals surface area contributed by atoms with Crippen LogP contribution in [0.2, 0.25) is 0 Å². The third-order valence-electron chi connectivity index (χ3n) is 7.20. The van der Waals surface area contributed by atoms with Crippen LogP contribution in [0.25, 0.3) is 0 Å². The number of esters is 1. The summed E-state index contributed by atoms with van der Waals surface area (Å²) in [6, 6.07) is 17.6. The highest BCUT2D eigenvalue weighted by molar-refractivity contribution is 8.00. The maximum absolute atomic E-state index is 14.1. The molecular weight excluding hydrogens is 532 g/mol. The monoisotopic (exact) mass is 562 g/mol. The van der Waals surface area contributed by atoms with Crippen molar-refractivity contribution in [2.45, 2.75) is 56.2 Å². The molecule has 0 aromatic heterocycles. The molecule has 0 aliphatic carbocycles. The van der Waals surface area contributed by atoms with Gasteiger partial charge < -0.3 is 19.7 Å². The summed E-state index contributed by atoms with van der Waals surface area (Å²) in [7, 11) is 0. The largest absolute Gasteiger partial charge is 0.452 e. The highest BCUT2D eigenvalue weighted by atomic mass is 32.2. The van der Waals surface area contributed by atoms with E-state index in [1.54, 1.807) is 20.8 Å². The Morgan fingerprint density at radius 3 is 2.08 bits per heavy atom. The third kappa shape index (κ3) is 4.81. The van der Waals surface area contributed by atoms with Gasteiger partial charge in [0.15, 0.2) is 6.10 Å². The number of benzene rings is 2. The number of alkyl carbamates (subject to hydrolysis) is 1. The van der Waals surface area contributed by atoms with Crippen LogP contribution in [0, 0.1) is 6.92 Å². The second kappa shape index (κ2) is 10.2. The zero-order valence-electron chi connectivity index (χ0n) is 22.6. The second-order valence-electron chi connectivity index (χ2n) is 11.1. The number of hydrogen-bond donors (Lipinski definition) is 1. The van der Waals surface area contributed by atoms with Crippen molar-refractivity contribution in [2.75, 3.05) is 12.3 Å². The molecule has 2 fully saturated rings. The molecule has 3 aromatic rings. The van der Waals surface area contributed by atoms with Gasteiger partial charge in [0.05, 0.1) is 0 Å². The average molecular weight is 563 g/mol. The molecule has 208 valence electrons. The predicted octanol–water partition coefficient (Wildman–Crippen LogP) is 2.97. The van der Waals surface area contributed by atoms with Gasteiger partial charge in [0.1, 0.15) is 22.4 Å². The van der Waals surface area contributed by atoms with Gasteiger partial charge in [0, 0.05) is 23.4 Å². The first-order valence-corrected chi connectivity index (χ1v) is 14.0. The molecule has 2 heterocycles. The van der Waals surface area contributed by atoms with Gasteiger partial charge in [-0.15, -0.1) is 11.8 Å². The van der Waals surface area contributed by atoms with E-state index in [2.05, 4.69) is 5.32 Å². The molecule has 2 saturated heterocycles. The smallest absolute Gasteiger partial charge is 0.408 e. The summed E-state index contributed by atoms with van der Waals surface area (Å²) in [5, 5.41) is 2.16. The number of hydrogen-bond acceptors (Lipinski definition) is 8. The van der Waals surface area contributed by atoms with Crippen molar-refractivity contribution in [1.29, 1.82) is 0 Å². The fourth-order valence-corrected chi connectivity index (χ4v) is 6.82. The van der Waals surface area contributed by atoms with E-state index in [9.17, 15) is 24.0 Å². The van der Waals surface area contributed by atoms with Crippen LogP contribution in [-0.2, 0) is 24.5 Å². The van der Waals surface area contributed by atoms with Crippen LogP contribution >= 0.6 is 11.8 Å². The van der Waals surface area contributed by atoms with Crippen LogP contribution in [0.5, 0.6) is 0 Å². The minimum Gasteiger partial charge on any atom is -0.452 e. The van der Waals surface area contributed by atoms with E-state index in [1.165, 1.54) is 23.6 Å². The maximum atomic E-state index is 14.1. The topological polar surface area (TPSA) is 119 Å². The molecule has 5 rings (SSSR count). The van der Waals surface area contributed by atoms with Crippen LogP contribution in [0.15, 0.2) is 70.3 Å². The van der Waals surface area contributed by atoms with Crippen LogP contribution < -0.4 is 16.2 Å². The molecule has 2 unspecified atom stereocenters. The van der Waals surface area contributed by atoms with E-state index in [-0.39, 0.29) is 23.4 Å². The number of carbonyl (C=O) groups excluding carboxylic acids is 3. The predicted molar refractivity (Wildman–Crippen MR) is 150 cm³/mol. The van der Waals surface area contributed by atoms with Crippen molar-refractivity contribution in [3.05, 3.63) is 103 Å². The summed E-state index contributed by atoms with van der Waals surface area (Å²) < 4.78 is 11.5. The van der Waals surface area contributed by atoms with E-state index < -0.39 is 57.4 Å². The number of thioether (sulfide) groups is 1. The minimum absolute atomic E-state index is 0.0877. The average Bonchev–Trinajstić information content (AvgIpc) is 2.94. The van der Waals surface area contributed by atoms with E-state index >= 15 is 0 Å². The lowest BCUT2D eigenvalue weighted by atomic mass is 9.75. The van der Waals surface area contributed by atoms with Gasteiger partial charge in [-0.2, -0.15) is 0 Å². The number of fused-ring (bicyclic) bond motifs is 1. The second-order valence-corrected chi connectivity index (χ2v) is 12.2. The Morgan fingerprint density at radius 2 is 1.55 bits per heavy atom. The van der Waals surface area contributed by atoms with Crippen molar-refractivity contribution in [3.63, 3.8) is 0 Å². The summed E-state index contributed by atoms with van der Waals surface area (Å²) in [6.07, 6.45) is -1.48. The summed E-state index contributed by atoms with van der Waals surface area (Å²) in [4.78, 5) is 66.2. The lowest BCUT2D eigenvalue weighted by molar-refractivity contribution is -0.159. The quantitative estimate of drug-likeness (QED) is 0.277. The van der Waals surface area contributed by atoms with E-state index in [4.69, 9.17) is 9.47 Å². The first-order valence-electron chi connectivity index (χ1n) is 13.0. The first kappa shape index (κ1) is 27.6. The number of β-lactam (4-membered cyclic amide) rings is 1. The molecule has 2 amide bonds. The molecule has 2 aliphatic heterocycles. The summed E-state index contributed by atoms with van der Waals surface area (Å²) in [5.41, 5.74) is -1.88. The zero-order chi connectivity index (χ0) is 28.8. The number of nitrogens with zero attached hydrogens (tertiary/aromatic N) is 1. The van der Waals surface area contributed by atoms with Gasteiger partial charge in [0.25, 0.3) is 0 Å². The molecule has 3 aromatic carbocycles. The Hall–Kier alpha value is -3.92. The molecule has 40 heavy (non-hydrogen) atoms. The molecule has 1 N–H and O–H groups in total. The first-order chi connectivity index (χ1) is 18.9. The van der Waals surface area contributed by atoms with Crippen LogP contribution in [0.4, 0.5) is 4.79 Å². The maximum Gasteiger partial charge on any atom is 0.408 e. The fourth-order valence-electron chi connectivity index (χ4n) is 5.27. The fraction of sp³-hybridized carbons (Fsp3) is 0.367. The SMILES string of the molecule is Cc1c(C2(C(=O)OC(c3ccccc3)c3ccccc3)CS[C@@H]3C(NC(=O)OC(C)(C)C)C(=O)N3C2)c(=O)c1=O. The third-order valence-corrected chi connectivity index (χ3v) is 8.73. The van der Waals surface area contributed by atoms with Gasteiger partial charge >= 0.3 is 12.1 Å². The molecule has 9 nitrogen and oxygen atoms in total. The number of amides is 2. The highest BCUT2D eigenvalue weighted by Gasteiger charge is 2.60. The number of nitrogens with one attached hydrogen (secondary N) is 1. The Morgan fingerprint density at radius 1 is 0.975 bits per heavy atom. The van der Waals surface area contributed by atoms with Crippen molar-refractivity contribution >= 4 is 29.7 Å². The van der Waals surface area contributed by atoms with Crippen molar-refractivity contribution in [1.82, 2.24) is 10.2 Å². The standard InChI is InChI=1S/C30H30N2O7S/c1-17-20(23(34)22(17)33)30(15-32-25(35)21(26(32)40-16-30)31-28(37)39-29(2,3)4)27(36)38-24(18-11-7-5-8-12-18)19-13-9-6-10-14-19/h5-14,21,24,26H,15-16H2,1-4H3,(H,31,37)/t21?,26-,30?/m1/s1. The van der Waals surface area contributed by atoms with Crippen LogP contribution in [-0.4, -0.2) is 52.2 Å². The summed E-state index contributed by atoms with van der Waals surface area (Å²) in [5.74, 6) is -1.00. The minimum atomic E-state index is -1.54. The Bertz CT molecular complexity index is 1490. The lowest BCUT2D eigenvalue weighted by Gasteiger charge is -2.54. The lowest BCUT2D eigenvalue weighted by Crippen LogP contribution is -2.75. The van der Waals surface area contributed by atoms with E-state index in [0.29, 0.717) is 0 Å². The van der Waals surface area contributed by atoms with Crippen LogP contribution in [0.1, 0.15) is 49.1 Å². The van der Waals surface area contributed by atoms with E-state index in [1.807, 2.05) is 60.7 Å². The molecule has 0 radical (unpaired) electrons. The van der Waals surface area contributed by atoms with Crippen molar-refractivity contribution in [3.8, 4) is 0 Å². The Kier molecular flexibility index (Phi) is 7.08. The Balaban J connectivity index is 1.45. The van der Waals surface area contributed by atoms with Gasteiger partial charge in [-0.1, -0.05) is 60.7 Å². The Labute approximate surface area is 235 Å². The van der Waals surface area contributed by atoms with Crippen molar-refractivity contribution < 1.29 is 23.9 Å². The number of carbonyl (C=O) groups is 3. The number of ether oxygens (including phenoxy) is 2. The van der Waals surface area contributed by atoms with Gasteiger partial charge in [-0.3, -0.25) is 19.2 Å². The summed E-state index contributed by atoms with van der Waals surface area (Å²) in [6.45, 7) is 6.55. The van der Waals surface area contributed by atoms with E-state index in [0.717, 1.165) is 11.1 Å². The molecule has 0 spiro atoms. The zero-order valence-corrected chi connectivity index (χ0v) is 23.4. The molecule has 2 aliphatic rings. The molecule has 10 heteroatoms. The molecule has 3 atom stereocenters. The number of rotatable bonds is 6. The van der Waals surface area contributed by atoms with Gasteiger partial charge in [0.2, 0.25) is 16.8 Å².